The Bertz CT molecular complexity index is 1240. The highest BCUT2D eigenvalue weighted by Crippen LogP contribution is 2.33. The molecule has 1 unspecified atom stereocenters. The molecule has 3 nitrogen and oxygen atoms in total. The number of alkyl halides is 6. The van der Waals surface area contributed by atoms with Crippen LogP contribution in [0, 0.1) is 5.82 Å². The summed E-state index contributed by atoms with van der Waals surface area (Å²) in [4.78, 5) is 1.05. The number of benzene rings is 3. The normalized spacial score (nSPS) is 14.7. The van der Waals surface area contributed by atoms with Gasteiger partial charge in [0.1, 0.15) is 17.3 Å². The van der Waals surface area contributed by atoms with Gasteiger partial charge in [-0.3, -0.25) is 0 Å². The monoisotopic (exact) mass is 527 g/mol. The van der Waals surface area contributed by atoms with E-state index in [2.05, 4.69) is 0 Å². The molecular weight excluding hydrogens is 503 g/mol. The van der Waals surface area contributed by atoms with E-state index in [4.69, 9.17) is 4.74 Å². The average Bonchev–Trinajstić information content (AvgIpc) is 2.83. The van der Waals surface area contributed by atoms with Gasteiger partial charge in [-0.05, 0) is 73.2 Å². The first-order valence-electron chi connectivity index (χ1n) is 11.7. The zero-order valence-corrected chi connectivity index (χ0v) is 19.5. The van der Waals surface area contributed by atoms with Crippen molar-refractivity contribution in [3.8, 4) is 11.5 Å². The Morgan fingerprint density at radius 1 is 0.838 bits per heavy atom. The van der Waals surface area contributed by atoms with Crippen LogP contribution in [0.2, 0.25) is 0 Å². The van der Waals surface area contributed by atoms with Crippen molar-refractivity contribution in [2.24, 2.45) is 0 Å². The van der Waals surface area contributed by atoms with Gasteiger partial charge in [0.15, 0.2) is 6.10 Å². The minimum Gasteiger partial charge on any atom is -0.457 e. The number of ether oxygens (including phenoxy) is 1. The second-order valence-electron chi connectivity index (χ2n) is 8.98. The largest absolute Gasteiger partial charge is 0.457 e. The molecule has 1 N–H and O–H groups in total. The molecule has 0 heterocycles. The molecule has 4 rings (SSSR count). The molecule has 0 saturated carbocycles. The predicted molar refractivity (Wildman–Crippen MR) is 124 cm³/mol. The van der Waals surface area contributed by atoms with Crippen LogP contribution in [0.4, 0.5) is 36.4 Å². The summed E-state index contributed by atoms with van der Waals surface area (Å²) in [5.74, 6) is -0.371. The van der Waals surface area contributed by atoms with Crippen molar-refractivity contribution in [1.29, 1.82) is 0 Å². The number of hydrogen-bond acceptors (Lipinski definition) is 3. The van der Waals surface area contributed by atoms with Gasteiger partial charge in [-0.1, -0.05) is 18.2 Å². The Balaban J connectivity index is 1.61. The number of nitrogens with zero attached hydrogens (tertiary/aromatic N) is 1. The van der Waals surface area contributed by atoms with Crippen LogP contribution in [-0.2, 0) is 25.6 Å². The first kappa shape index (κ1) is 26.8. The summed E-state index contributed by atoms with van der Waals surface area (Å²) in [6, 6.07) is 13.5. The fourth-order valence-electron chi connectivity index (χ4n) is 4.28. The SMILES string of the molecule is OC(CN(Cc1ccc(C(F)(F)F)cc1F)c1cccc(Oc2ccc3c(c2)CCCC3)c1)C(F)(F)F. The average molecular weight is 527 g/mol. The lowest BCUT2D eigenvalue weighted by Crippen LogP contribution is -2.41. The highest BCUT2D eigenvalue weighted by molar-refractivity contribution is 5.52. The Morgan fingerprint density at radius 2 is 1.54 bits per heavy atom. The lowest BCUT2D eigenvalue weighted by molar-refractivity contribution is -0.200. The van der Waals surface area contributed by atoms with Crippen molar-refractivity contribution in [1.82, 2.24) is 0 Å². The zero-order chi connectivity index (χ0) is 26.8. The summed E-state index contributed by atoms with van der Waals surface area (Å²) >= 11 is 0. The summed E-state index contributed by atoms with van der Waals surface area (Å²) in [6.07, 6.45) is -8.38. The van der Waals surface area contributed by atoms with Crippen LogP contribution in [0.1, 0.15) is 35.1 Å². The van der Waals surface area contributed by atoms with Gasteiger partial charge in [0.2, 0.25) is 0 Å². The van der Waals surface area contributed by atoms with Gasteiger partial charge in [0, 0.05) is 23.9 Å². The molecule has 0 aliphatic heterocycles. The third kappa shape index (κ3) is 6.74. The predicted octanol–water partition coefficient (Wildman–Crippen LogP) is 7.45. The molecule has 0 fully saturated rings. The van der Waals surface area contributed by atoms with Gasteiger partial charge < -0.3 is 14.7 Å². The van der Waals surface area contributed by atoms with Crippen LogP contribution in [0.3, 0.4) is 0 Å². The summed E-state index contributed by atoms with van der Waals surface area (Å²) in [7, 11) is 0. The van der Waals surface area contributed by atoms with E-state index >= 15 is 0 Å². The summed E-state index contributed by atoms with van der Waals surface area (Å²) < 4.78 is 98.5. The van der Waals surface area contributed by atoms with Gasteiger partial charge in [0.25, 0.3) is 0 Å². The zero-order valence-electron chi connectivity index (χ0n) is 19.5. The quantitative estimate of drug-likeness (QED) is 0.324. The van der Waals surface area contributed by atoms with Crippen LogP contribution in [-0.4, -0.2) is 23.9 Å². The van der Waals surface area contributed by atoms with Crippen molar-refractivity contribution in [2.75, 3.05) is 11.4 Å². The molecule has 37 heavy (non-hydrogen) atoms. The van der Waals surface area contributed by atoms with E-state index in [9.17, 15) is 35.8 Å². The second kappa shape index (κ2) is 10.6. The molecule has 0 saturated heterocycles. The van der Waals surface area contributed by atoms with E-state index in [1.165, 1.54) is 29.3 Å². The Labute approximate surface area is 209 Å². The number of aryl methyl sites for hydroxylation is 2. The van der Waals surface area contributed by atoms with Gasteiger partial charge in [-0.2, -0.15) is 26.3 Å². The van der Waals surface area contributed by atoms with E-state index in [1.54, 1.807) is 12.1 Å². The second-order valence-corrected chi connectivity index (χ2v) is 8.98. The summed E-state index contributed by atoms with van der Waals surface area (Å²) in [5.41, 5.74) is 1.11. The van der Waals surface area contributed by atoms with E-state index in [-0.39, 0.29) is 11.3 Å². The molecule has 3 aromatic carbocycles. The molecule has 3 aromatic rings. The molecule has 198 valence electrons. The standard InChI is InChI=1S/C27H24F7NO2/c28-24-13-20(26(29,30)31)10-8-19(24)15-35(16-25(36)27(32,33)34)21-6-3-7-22(14-21)37-23-11-9-17-4-1-2-5-18(17)12-23/h3,6-14,25,36H,1-2,4-5,15-16H2. The van der Waals surface area contributed by atoms with Crippen LogP contribution in [0.25, 0.3) is 0 Å². The maximum Gasteiger partial charge on any atom is 0.416 e. The lowest BCUT2D eigenvalue weighted by atomic mass is 9.92. The number of hydrogen-bond donors (Lipinski definition) is 1. The number of fused-ring (bicyclic) bond motifs is 1. The van der Waals surface area contributed by atoms with Crippen LogP contribution in [0.5, 0.6) is 11.5 Å². The molecule has 0 amide bonds. The molecule has 1 aliphatic carbocycles. The molecule has 1 atom stereocenters. The summed E-state index contributed by atoms with van der Waals surface area (Å²) in [5, 5.41) is 9.69. The Hall–Kier alpha value is -3.27. The van der Waals surface area contributed by atoms with Crippen molar-refractivity contribution in [2.45, 2.75) is 50.7 Å². The van der Waals surface area contributed by atoms with Gasteiger partial charge >= 0.3 is 12.4 Å². The molecule has 1 aliphatic rings. The Kier molecular flexibility index (Phi) is 7.68. The Morgan fingerprint density at radius 3 is 2.22 bits per heavy atom. The number of aliphatic hydroxyl groups is 1. The van der Waals surface area contributed by atoms with Crippen molar-refractivity contribution in [3.63, 3.8) is 0 Å². The molecule has 0 aromatic heterocycles. The van der Waals surface area contributed by atoms with Crippen LogP contribution < -0.4 is 9.64 Å². The highest BCUT2D eigenvalue weighted by atomic mass is 19.4. The first-order chi connectivity index (χ1) is 17.4. The number of rotatable bonds is 7. The van der Waals surface area contributed by atoms with Gasteiger partial charge in [-0.15, -0.1) is 0 Å². The minimum atomic E-state index is -4.95. The molecule has 0 spiro atoms. The van der Waals surface area contributed by atoms with E-state index in [1.807, 2.05) is 12.1 Å². The molecule has 0 bridgehead atoms. The van der Waals surface area contributed by atoms with E-state index in [0.29, 0.717) is 23.6 Å². The molecule has 10 heteroatoms. The van der Waals surface area contributed by atoms with E-state index < -0.39 is 42.9 Å². The summed E-state index contributed by atoms with van der Waals surface area (Å²) in [6.45, 7) is -1.48. The maximum atomic E-state index is 14.5. The fraction of sp³-hybridized carbons (Fsp3) is 0.333. The lowest BCUT2D eigenvalue weighted by Gasteiger charge is -2.29. The van der Waals surface area contributed by atoms with Crippen LogP contribution in [0.15, 0.2) is 60.7 Å². The van der Waals surface area contributed by atoms with Gasteiger partial charge in [0.05, 0.1) is 12.1 Å². The van der Waals surface area contributed by atoms with Crippen molar-refractivity contribution < 1.29 is 40.6 Å². The topological polar surface area (TPSA) is 32.7 Å². The molecule has 0 radical (unpaired) electrons. The smallest absolute Gasteiger partial charge is 0.416 e. The maximum absolute atomic E-state index is 14.5. The van der Waals surface area contributed by atoms with Gasteiger partial charge in [-0.25, -0.2) is 4.39 Å². The third-order valence-electron chi connectivity index (χ3n) is 6.25. The number of aliphatic hydroxyl groups excluding tert-OH is 1. The number of anilines is 1. The van der Waals surface area contributed by atoms with Crippen LogP contribution >= 0.6 is 0 Å². The fourth-order valence-corrected chi connectivity index (χ4v) is 4.28. The number of halogens is 7. The van der Waals surface area contributed by atoms with Crippen molar-refractivity contribution >= 4 is 5.69 Å². The van der Waals surface area contributed by atoms with Crippen molar-refractivity contribution in [3.05, 3.63) is 88.7 Å². The minimum absolute atomic E-state index is 0.165. The highest BCUT2D eigenvalue weighted by Gasteiger charge is 2.39. The molecular formula is C27H24F7NO2. The third-order valence-corrected chi connectivity index (χ3v) is 6.25. The first-order valence-corrected chi connectivity index (χ1v) is 11.7. The van der Waals surface area contributed by atoms with E-state index in [0.717, 1.165) is 36.6 Å².